The van der Waals surface area contributed by atoms with Crippen molar-refractivity contribution >= 4 is 0 Å². The standard InChI is InChI=1S/C8H15NO/c1-2-8(3-1)10-6-7-4-9-5-7/h7-9H,1-6H2. The second-order valence-corrected chi connectivity index (χ2v) is 3.41. The van der Waals surface area contributed by atoms with Crippen LogP contribution in [-0.4, -0.2) is 25.8 Å². The van der Waals surface area contributed by atoms with E-state index in [0.717, 1.165) is 12.5 Å². The Hall–Kier alpha value is -0.0800. The Morgan fingerprint density at radius 2 is 2.10 bits per heavy atom. The molecule has 1 aliphatic heterocycles. The normalized spacial score (nSPS) is 27.6. The van der Waals surface area contributed by atoms with Crippen molar-refractivity contribution in [3.63, 3.8) is 0 Å². The molecular formula is C8H15NO. The maximum atomic E-state index is 5.64. The van der Waals surface area contributed by atoms with E-state index in [1.54, 1.807) is 0 Å². The smallest absolute Gasteiger partial charge is 0.0575 e. The number of hydrogen-bond donors (Lipinski definition) is 1. The van der Waals surface area contributed by atoms with Crippen molar-refractivity contribution in [1.82, 2.24) is 5.32 Å². The van der Waals surface area contributed by atoms with E-state index in [9.17, 15) is 0 Å². The first kappa shape index (κ1) is 6.62. The van der Waals surface area contributed by atoms with E-state index in [-0.39, 0.29) is 0 Å². The minimum atomic E-state index is 0.626. The fourth-order valence-corrected chi connectivity index (χ4v) is 1.28. The zero-order valence-corrected chi connectivity index (χ0v) is 6.31. The summed E-state index contributed by atoms with van der Waals surface area (Å²) in [6.07, 6.45) is 4.62. The van der Waals surface area contributed by atoms with Crippen molar-refractivity contribution in [2.45, 2.75) is 25.4 Å². The minimum absolute atomic E-state index is 0.626. The van der Waals surface area contributed by atoms with Gasteiger partial charge in [-0.25, -0.2) is 0 Å². The monoisotopic (exact) mass is 141 g/mol. The summed E-state index contributed by atoms with van der Waals surface area (Å²) in [5.41, 5.74) is 0. The Labute approximate surface area is 61.9 Å². The van der Waals surface area contributed by atoms with Gasteiger partial charge < -0.3 is 10.1 Å². The highest BCUT2D eigenvalue weighted by Crippen LogP contribution is 2.22. The largest absolute Gasteiger partial charge is 0.378 e. The van der Waals surface area contributed by atoms with Crippen LogP contribution >= 0.6 is 0 Å². The predicted octanol–water partition coefficient (Wildman–Crippen LogP) is 0.775. The molecule has 1 saturated heterocycles. The van der Waals surface area contributed by atoms with Crippen LogP contribution in [0.3, 0.4) is 0 Å². The van der Waals surface area contributed by atoms with Gasteiger partial charge in [0.05, 0.1) is 12.7 Å². The molecule has 0 radical (unpaired) electrons. The molecule has 0 aromatic rings. The van der Waals surface area contributed by atoms with E-state index in [1.807, 2.05) is 0 Å². The van der Waals surface area contributed by atoms with Gasteiger partial charge in [0.2, 0.25) is 0 Å². The molecule has 2 fully saturated rings. The van der Waals surface area contributed by atoms with Crippen molar-refractivity contribution in [3.8, 4) is 0 Å². The lowest BCUT2D eigenvalue weighted by molar-refractivity contribution is -0.0237. The molecule has 58 valence electrons. The van der Waals surface area contributed by atoms with Crippen LogP contribution in [0.2, 0.25) is 0 Å². The van der Waals surface area contributed by atoms with Crippen molar-refractivity contribution in [3.05, 3.63) is 0 Å². The quantitative estimate of drug-likeness (QED) is 0.627. The molecule has 10 heavy (non-hydrogen) atoms. The van der Waals surface area contributed by atoms with Gasteiger partial charge in [-0.2, -0.15) is 0 Å². The molecule has 0 atom stereocenters. The first-order valence-corrected chi connectivity index (χ1v) is 4.27. The van der Waals surface area contributed by atoms with Gasteiger partial charge in [0.15, 0.2) is 0 Å². The van der Waals surface area contributed by atoms with Gasteiger partial charge in [0, 0.05) is 19.0 Å². The van der Waals surface area contributed by atoms with Crippen molar-refractivity contribution in [2.75, 3.05) is 19.7 Å². The van der Waals surface area contributed by atoms with Crippen LogP contribution < -0.4 is 5.32 Å². The molecule has 0 aromatic heterocycles. The lowest BCUT2D eigenvalue weighted by Crippen LogP contribution is -2.45. The van der Waals surface area contributed by atoms with Crippen molar-refractivity contribution in [2.24, 2.45) is 5.92 Å². The first-order valence-electron chi connectivity index (χ1n) is 4.27. The fourth-order valence-electron chi connectivity index (χ4n) is 1.28. The number of hydrogen-bond acceptors (Lipinski definition) is 2. The maximum absolute atomic E-state index is 5.64. The molecule has 2 heteroatoms. The molecule has 0 spiro atoms. The zero-order valence-electron chi connectivity index (χ0n) is 6.31. The Morgan fingerprint density at radius 1 is 1.30 bits per heavy atom. The Kier molecular flexibility index (Phi) is 1.91. The van der Waals surface area contributed by atoms with Gasteiger partial charge >= 0.3 is 0 Å². The number of nitrogens with one attached hydrogen (secondary N) is 1. The third-order valence-electron chi connectivity index (χ3n) is 2.49. The van der Waals surface area contributed by atoms with Crippen molar-refractivity contribution < 1.29 is 4.74 Å². The van der Waals surface area contributed by atoms with Crippen molar-refractivity contribution in [1.29, 1.82) is 0 Å². The molecule has 2 aliphatic rings. The predicted molar refractivity (Wildman–Crippen MR) is 40.0 cm³/mol. The summed E-state index contributed by atoms with van der Waals surface area (Å²) >= 11 is 0. The van der Waals surface area contributed by atoms with E-state index in [1.165, 1.54) is 32.4 Å². The topological polar surface area (TPSA) is 21.3 Å². The van der Waals surface area contributed by atoms with E-state index >= 15 is 0 Å². The third-order valence-corrected chi connectivity index (χ3v) is 2.49. The number of ether oxygens (including phenoxy) is 1. The van der Waals surface area contributed by atoms with Gasteiger partial charge in [-0.05, 0) is 19.3 Å². The second kappa shape index (κ2) is 2.89. The zero-order chi connectivity index (χ0) is 6.81. The van der Waals surface area contributed by atoms with Gasteiger partial charge in [-0.1, -0.05) is 0 Å². The molecule has 0 aromatic carbocycles. The van der Waals surface area contributed by atoms with Gasteiger partial charge in [0.25, 0.3) is 0 Å². The van der Waals surface area contributed by atoms with Crippen LogP contribution in [0, 0.1) is 5.92 Å². The summed E-state index contributed by atoms with van der Waals surface area (Å²) in [7, 11) is 0. The van der Waals surface area contributed by atoms with E-state index in [0.29, 0.717) is 6.10 Å². The molecule has 1 N–H and O–H groups in total. The van der Waals surface area contributed by atoms with Crippen LogP contribution in [0.15, 0.2) is 0 Å². The van der Waals surface area contributed by atoms with E-state index in [4.69, 9.17) is 4.74 Å². The Morgan fingerprint density at radius 3 is 2.50 bits per heavy atom. The molecule has 1 saturated carbocycles. The van der Waals surface area contributed by atoms with E-state index in [2.05, 4.69) is 5.32 Å². The van der Waals surface area contributed by atoms with Gasteiger partial charge in [0.1, 0.15) is 0 Å². The highest BCUT2D eigenvalue weighted by atomic mass is 16.5. The average Bonchev–Trinajstić information content (AvgIpc) is 1.70. The first-order chi connectivity index (χ1) is 4.95. The molecule has 1 heterocycles. The fraction of sp³-hybridized carbons (Fsp3) is 1.00. The Balaban J connectivity index is 1.54. The molecule has 0 amide bonds. The maximum Gasteiger partial charge on any atom is 0.0575 e. The molecule has 0 unspecified atom stereocenters. The number of rotatable bonds is 3. The van der Waals surface area contributed by atoms with Crippen LogP contribution in [0.4, 0.5) is 0 Å². The van der Waals surface area contributed by atoms with E-state index < -0.39 is 0 Å². The van der Waals surface area contributed by atoms with Crippen LogP contribution in [0.1, 0.15) is 19.3 Å². The molecule has 0 bridgehead atoms. The lowest BCUT2D eigenvalue weighted by Gasteiger charge is -2.31. The summed E-state index contributed by atoms with van der Waals surface area (Å²) in [6, 6.07) is 0. The van der Waals surface area contributed by atoms with Gasteiger partial charge in [-0.15, -0.1) is 0 Å². The average molecular weight is 141 g/mol. The molecule has 1 aliphatic carbocycles. The molecule has 2 rings (SSSR count). The van der Waals surface area contributed by atoms with Gasteiger partial charge in [-0.3, -0.25) is 0 Å². The van der Waals surface area contributed by atoms with Crippen LogP contribution in [-0.2, 0) is 4.74 Å². The van der Waals surface area contributed by atoms with Crippen LogP contribution in [0.5, 0.6) is 0 Å². The summed E-state index contributed by atoms with van der Waals surface area (Å²) in [6.45, 7) is 3.34. The highest BCUT2D eigenvalue weighted by Gasteiger charge is 2.22. The molecular weight excluding hydrogens is 126 g/mol. The Bertz CT molecular complexity index is 93.8. The van der Waals surface area contributed by atoms with Crippen LogP contribution in [0.25, 0.3) is 0 Å². The highest BCUT2D eigenvalue weighted by molar-refractivity contribution is 4.76. The third kappa shape index (κ3) is 1.32. The molecule has 2 nitrogen and oxygen atoms in total. The summed E-state index contributed by atoms with van der Waals surface area (Å²) in [5.74, 6) is 0.820. The lowest BCUT2D eigenvalue weighted by atomic mass is 9.96. The summed E-state index contributed by atoms with van der Waals surface area (Å²) < 4.78 is 5.64. The summed E-state index contributed by atoms with van der Waals surface area (Å²) in [5, 5.41) is 3.24. The second-order valence-electron chi connectivity index (χ2n) is 3.41. The summed E-state index contributed by atoms with van der Waals surface area (Å²) in [4.78, 5) is 0. The minimum Gasteiger partial charge on any atom is -0.378 e. The SMILES string of the molecule is C1CC(OCC2CNC2)C1.